The van der Waals surface area contributed by atoms with E-state index in [4.69, 9.17) is 12.2 Å². The van der Waals surface area contributed by atoms with Crippen molar-refractivity contribution >= 4 is 29.2 Å². The second kappa shape index (κ2) is 7.68. The van der Waals surface area contributed by atoms with E-state index in [1.807, 2.05) is 0 Å². The third-order valence-corrected chi connectivity index (χ3v) is 3.61. The van der Waals surface area contributed by atoms with E-state index in [0.717, 1.165) is 12.8 Å². The summed E-state index contributed by atoms with van der Waals surface area (Å²) in [6, 6.07) is 6.70. The van der Waals surface area contributed by atoms with Crippen LogP contribution in [-0.4, -0.2) is 22.3 Å². The summed E-state index contributed by atoms with van der Waals surface area (Å²) in [5.41, 5.74) is 3.44. The molecule has 2 N–H and O–H groups in total. The molecule has 1 aromatic rings. The van der Waals surface area contributed by atoms with Gasteiger partial charge in [0.1, 0.15) is 0 Å². The molecule has 0 atom stereocenters. The van der Waals surface area contributed by atoms with Gasteiger partial charge in [0.2, 0.25) is 0 Å². The van der Waals surface area contributed by atoms with Gasteiger partial charge in [0.25, 0.3) is 5.69 Å². The predicted octanol–water partition coefficient (Wildman–Crippen LogP) is 2.73. The van der Waals surface area contributed by atoms with Crippen molar-refractivity contribution in [3.63, 3.8) is 0 Å². The molecule has 0 amide bonds. The van der Waals surface area contributed by atoms with Crippen LogP contribution < -0.4 is 10.7 Å². The second-order valence-corrected chi connectivity index (χ2v) is 5.44. The Bertz CT molecular complexity index is 542. The predicted molar refractivity (Wildman–Crippen MR) is 86.4 cm³/mol. The molecule has 0 saturated heterocycles. The van der Waals surface area contributed by atoms with E-state index in [-0.39, 0.29) is 5.69 Å². The fraction of sp³-hybridized carbons (Fsp3) is 0.429. The van der Waals surface area contributed by atoms with Crippen molar-refractivity contribution in [3.05, 3.63) is 39.9 Å². The Morgan fingerprint density at radius 3 is 2.86 bits per heavy atom. The molecule has 0 spiro atoms. The Morgan fingerprint density at radius 2 is 2.14 bits per heavy atom. The molecule has 21 heavy (non-hydrogen) atoms. The van der Waals surface area contributed by atoms with Crippen LogP contribution in [0.3, 0.4) is 0 Å². The number of benzene rings is 1. The van der Waals surface area contributed by atoms with Crippen LogP contribution in [0, 0.1) is 10.1 Å². The summed E-state index contributed by atoms with van der Waals surface area (Å²) in [5.74, 6) is 0. The minimum absolute atomic E-state index is 0.0434. The van der Waals surface area contributed by atoms with E-state index in [2.05, 4.69) is 15.8 Å². The maximum Gasteiger partial charge on any atom is 0.270 e. The number of nitro benzene ring substituents is 1. The maximum absolute atomic E-state index is 10.7. The third kappa shape index (κ3) is 5.11. The summed E-state index contributed by atoms with van der Waals surface area (Å²) < 4.78 is 0. The first-order valence-corrected chi connectivity index (χ1v) is 7.40. The number of hydrogen-bond acceptors (Lipinski definition) is 4. The molecule has 6 nitrogen and oxygen atoms in total. The maximum atomic E-state index is 10.7. The number of hydrazone groups is 1. The van der Waals surface area contributed by atoms with Crippen LogP contribution in [0.4, 0.5) is 5.69 Å². The lowest BCUT2D eigenvalue weighted by Crippen LogP contribution is -2.40. The molecule has 0 unspecified atom stereocenters. The molecular formula is C14H18N4O2S. The zero-order valence-electron chi connectivity index (χ0n) is 11.6. The first-order chi connectivity index (χ1) is 10.1. The lowest BCUT2D eigenvalue weighted by molar-refractivity contribution is -0.384. The topological polar surface area (TPSA) is 79.6 Å². The molecule has 2 rings (SSSR count). The van der Waals surface area contributed by atoms with Gasteiger partial charge in [-0.25, -0.2) is 0 Å². The summed E-state index contributed by atoms with van der Waals surface area (Å²) in [5, 5.41) is 18.4. The first-order valence-electron chi connectivity index (χ1n) is 6.99. The van der Waals surface area contributed by atoms with Gasteiger partial charge in [0, 0.05) is 23.7 Å². The summed E-state index contributed by atoms with van der Waals surface area (Å²) in [7, 11) is 0. The summed E-state index contributed by atoms with van der Waals surface area (Å²) in [6.45, 7) is 0. The highest BCUT2D eigenvalue weighted by Crippen LogP contribution is 2.17. The summed E-state index contributed by atoms with van der Waals surface area (Å²) in [4.78, 5) is 10.2. The number of nitrogens with one attached hydrogen (secondary N) is 2. The average Bonchev–Trinajstić information content (AvgIpc) is 2.48. The summed E-state index contributed by atoms with van der Waals surface area (Å²) in [6.07, 6.45) is 7.55. The minimum Gasteiger partial charge on any atom is -0.359 e. The van der Waals surface area contributed by atoms with Crippen molar-refractivity contribution in [2.75, 3.05) is 0 Å². The van der Waals surface area contributed by atoms with Crippen LogP contribution in [0.1, 0.15) is 37.7 Å². The van der Waals surface area contributed by atoms with Crippen molar-refractivity contribution in [3.8, 4) is 0 Å². The van der Waals surface area contributed by atoms with Crippen LogP contribution in [-0.2, 0) is 0 Å². The van der Waals surface area contributed by atoms with E-state index >= 15 is 0 Å². The average molecular weight is 306 g/mol. The van der Waals surface area contributed by atoms with Crippen molar-refractivity contribution in [1.82, 2.24) is 10.7 Å². The molecule has 0 aliphatic heterocycles. The smallest absolute Gasteiger partial charge is 0.270 e. The monoisotopic (exact) mass is 306 g/mol. The van der Waals surface area contributed by atoms with Gasteiger partial charge in [-0.15, -0.1) is 0 Å². The van der Waals surface area contributed by atoms with Gasteiger partial charge >= 0.3 is 0 Å². The highest BCUT2D eigenvalue weighted by atomic mass is 32.1. The van der Waals surface area contributed by atoms with E-state index in [0.29, 0.717) is 16.7 Å². The molecule has 0 radical (unpaired) electrons. The normalized spacial score (nSPS) is 15.8. The van der Waals surface area contributed by atoms with Gasteiger partial charge in [0.15, 0.2) is 5.11 Å². The number of rotatable bonds is 4. The fourth-order valence-corrected chi connectivity index (χ4v) is 2.57. The van der Waals surface area contributed by atoms with Crippen LogP contribution in [0.15, 0.2) is 29.4 Å². The van der Waals surface area contributed by atoms with Gasteiger partial charge in [-0.2, -0.15) is 5.10 Å². The minimum atomic E-state index is -0.431. The Hall–Kier alpha value is -2.02. The van der Waals surface area contributed by atoms with Gasteiger partial charge < -0.3 is 5.32 Å². The Morgan fingerprint density at radius 1 is 1.38 bits per heavy atom. The van der Waals surface area contributed by atoms with Crippen LogP contribution >= 0.6 is 12.2 Å². The van der Waals surface area contributed by atoms with E-state index in [1.54, 1.807) is 12.1 Å². The molecule has 1 fully saturated rings. The molecule has 7 heteroatoms. The van der Waals surface area contributed by atoms with Gasteiger partial charge in [-0.1, -0.05) is 31.4 Å². The van der Waals surface area contributed by atoms with Crippen LogP contribution in [0.25, 0.3) is 0 Å². The lowest BCUT2D eigenvalue weighted by atomic mass is 9.96. The van der Waals surface area contributed by atoms with E-state index < -0.39 is 4.92 Å². The molecular weight excluding hydrogens is 288 g/mol. The highest BCUT2D eigenvalue weighted by molar-refractivity contribution is 7.80. The van der Waals surface area contributed by atoms with Gasteiger partial charge in [-0.3, -0.25) is 15.5 Å². The Balaban J connectivity index is 1.82. The molecule has 1 aliphatic carbocycles. The lowest BCUT2D eigenvalue weighted by Gasteiger charge is -2.23. The molecule has 0 aromatic heterocycles. The number of thiocarbonyl (C=S) groups is 1. The SMILES string of the molecule is O=[N+]([O-])c1cccc(/C=N\NC(=S)NC2CCCCC2)c1. The standard InChI is InChI=1S/C14H18N4O2S/c19-18(20)13-8-4-5-11(9-13)10-15-17-14(21)16-12-6-2-1-3-7-12/h4-5,8-10,12H,1-3,6-7H2,(H2,16,17,21)/b15-10-. The zero-order valence-corrected chi connectivity index (χ0v) is 12.4. The largest absolute Gasteiger partial charge is 0.359 e. The summed E-state index contributed by atoms with van der Waals surface area (Å²) >= 11 is 5.17. The van der Waals surface area contributed by atoms with Crippen molar-refractivity contribution in [2.24, 2.45) is 5.10 Å². The molecule has 1 saturated carbocycles. The fourth-order valence-electron chi connectivity index (χ4n) is 2.35. The number of hydrogen-bond donors (Lipinski definition) is 2. The quantitative estimate of drug-likeness (QED) is 0.387. The Labute approximate surface area is 128 Å². The second-order valence-electron chi connectivity index (χ2n) is 5.03. The van der Waals surface area contributed by atoms with E-state index in [1.165, 1.54) is 37.6 Å². The van der Waals surface area contributed by atoms with E-state index in [9.17, 15) is 10.1 Å². The third-order valence-electron chi connectivity index (χ3n) is 3.40. The van der Waals surface area contributed by atoms with Crippen LogP contribution in [0.5, 0.6) is 0 Å². The Kier molecular flexibility index (Phi) is 5.62. The molecule has 1 aromatic carbocycles. The number of non-ortho nitro benzene ring substituents is 1. The van der Waals surface area contributed by atoms with Crippen LogP contribution in [0.2, 0.25) is 0 Å². The highest BCUT2D eigenvalue weighted by Gasteiger charge is 2.13. The van der Waals surface area contributed by atoms with Gasteiger partial charge in [-0.05, 0) is 25.1 Å². The number of nitro groups is 1. The van der Waals surface area contributed by atoms with Crippen molar-refractivity contribution in [1.29, 1.82) is 0 Å². The molecule has 0 heterocycles. The molecule has 1 aliphatic rings. The molecule has 112 valence electrons. The number of nitrogens with zero attached hydrogens (tertiary/aromatic N) is 2. The zero-order chi connectivity index (χ0) is 15.1. The van der Waals surface area contributed by atoms with Crippen molar-refractivity contribution < 1.29 is 4.92 Å². The molecule has 0 bridgehead atoms. The van der Waals surface area contributed by atoms with Gasteiger partial charge in [0.05, 0.1) is 11.1 Å². The van der Waals surface area contributed by atoms with Crippen molar-refractivity contribution in [2.45, 2.75) is 38.1 Å². The first kappa shape index (κ1) is 15.4.